The quantitative estimate of drug-likeness (QED) is 0.135. The van der Waals surface area contributed by atoms with E-state index in [1.54, 1.807) is 0 Å². The molecule has 310 valence electrons. The highest BCUT2D eigenvalue weighted by atomic mass is 16.3. The summed E-state index contributed by atoms with van der Waals surface area (Å²) in [5.41, 5.74) is 16.5. The zero-order valence-corrected chi connectivity index (χ0v) is 36.3. The number of para-hydroxylation sites is 3. The van der Waals surface area contributed by atoms with Crippen LogP contribution in [-0.4, -0.2) is 0 Å². The van der Waals surface area contributed by atoms with Gasteiger partial charge < -0.3 is 9.32 Å². The van der Waals surface area contributed by atoms with Crippen LogP contribution in [0.5, 0.6) is 0 Å². The summed E-state index contributed by atoms with van der Waals surface area (Å²) in [6, 6.07) is 86.5. The molecule has 2 aliphatic rings. The van der Waals surface area contributed by atoms with Gasteiger partial charge in [-0.25, -0.2) is 0 Å². The Hall–Kier alpha value is -7.94. The third-order valence-corrected chi connectivity index (χ3v) is 14.1. The standard InChI is InChI=1S/C63H47NO/c1-44-21-19-34-56-60(44)55-42-41-52(43-58(55)63(56,47-26-11-4-12-27-47)48-28-13-5-14-29-48)64(50-30-15-6-16-31-50)51-39-37-49(38-40-51)62(45-22-7-2-8-23-45,46-24-9-3-10-25-46)57-35-20-33-54-53-32-17-18-36-59(53)65-61(54)57/h2-20,22-44H,21H2,1H3. The molecule has 2 aliphatic carbocycles. The van der Waals surface area contributed by atoms with Crippen molar-refractivity contribution in [3.63, 3.8) is 0 Å². The molecule has 2 heteroatoms. The van der Waals surface area contributed by atoms with Gasteiger partial charge in [-0.1, -0.05) is 213 Å². The summed E-state index contributed by atoms with van der Waals surface area (Å²) in [6.07, 6.45) is 5.83. The van der Waals surface area contributed by atoms with E-state index in [0.717, 1.165) is 56.5 Å². The van der Waals surface area contributed by atoms with E-state index < -0.39 is 10.8 Å². The van der Waals surface area contributed by atoms with Gasteiger partial charge in [-0.2, -0.15) is 0 Å². The molecule has 0 saturated heterocycles. The Morgan fingerprint density at radius 1 is 0.492 bits per heavy atom. The molecule has 10 aromatic rings. The van der Waals surface area contributed by atoms with Crippen molar-refractivity contribution >= 4 is 44.6 Å². The van der Waals surface area contributed by atoms with Gasteiger partial charge in [-0.05, 0) is 105 Å². The summed E-state index contributed by atoms with van der Waals surface area (Å²) in [5.74, 6) is 0.395. The maximum atomic E-state index is 6.87. The number of rotatable bonds is 9. The Balaban J connectivity index is 1.08. The summed E-state index contributed by atoms with van der Waals surface area (Å²) in [5, 5.41) is 2.23. The first-order chi connectivity index (χ1) is 32.2. The number of allylic oxidation sites excluding steroid dienone is 4. The van der Waals surface area contributed by atoms with E-state index in [2.05, 4.69) is 261 Å². The molecule has 1 atom stereocenters. The van der Waals surface area contributed by atoms with Crippen LogP contribution in [0.1, 0.15) is 57.9 Å². The van der Waals surface area contributed by atoms with Gasteiger partial charge in [0.2, 0.25) is 0 Å². The van der Waals surface area contributed by atoms with Crippen LogP contribution in [0.15, 0.2) is 259 Å². The van der Waals surface area contributed by atoms with Gasteiger partial charge in [-0.3, -0.25) is 0 Å². The fourth-order valence-corrected chi connectivity index (χ4v) is 11.4. The van der Waals surface area contributed by atoms with Crippen molar-refractivity contribution in [3.8, 4) is 0 Å². The Morgan fingerprint density at radius 2 is 1.02 bits per heavy atom. The highest BCUT2D eigenvalue weighted by Crippen LogP contribution is 2.59. The van der Waals surface area contributed by atoms with Crippen molar-refractivity contribution in [1.82, 2.24) is 0 Å². The van der Waals surface area contributed by atoms with E-state index >= 15 is 0 Å². The van der Waals surface area contributed by atoms with Crippen LogP contribution in [0.4, 0.5) is 17.1 Å². The zero-order chi connectivity index (χ0) is 43.4. The van der Waals surface area contributed by atoms with Crippen molar-refractivity contribution in [2.24, 2.45) is 5.92 Å². The second-order valence-electron chi connectivity index (χ2n) is 17.6. The Kier molecular flexibility index (Phi) is 9.35. The number of anilines is 3. The molecule has 0 saturated carbocycles. The minimum Gasteiger partial charge on any atom is -0.456 e. The maximum Gasteiger partial charge on any atom is 0.140 e. The van der Waals surface area contributed by atoms with Crippen LogP contribution < -0.4 is 4.90 Å². The number of fused-ring (bicyclic) bond motifs is 5. The van der Waals surface area contributed by atoms with Gasteiger partial charge in [0.05, 0.1) is 10.8 Å². The van der Waals surface area contributed by atoms with Gasteiger partial charge in [0.25, 0.3) is 0 Å². The molecule has 65 heavy (non-hydrogen) atoms. The normalized spacial score (nSPS) is 15.2. The molecule has 1 unspecified atom stereocenters. The Morgan fingerprint density at radius 3 is 1.66 bits per heavy atom. The first-order valence-corrected chi connectivity index (χ1v) is 22.8. The van der Waals surface area contributed by atoms with Crippen LogP contribution in [0.2, 0.25) is 0 Å². The topological polar surface area (TPSA) is 16.4 Å². The number of benzene rings is 9. The van der Waals surface area contributed by atoms with E-state index in [-0.39, 0.29) is 0 Å². The van der Waals surface area contributed by atoms with Gasteiger partial charge in [0.1, 0.15) is 11.2 Å². The summed E-state index contributed by atoms with van der Waals surface area (Å²) in [7, 11) is 0. The largest absolute Gasteiger partial charge is 0.456 e. The zero-order valence-electron chi connectivity index (χ0n) is 36.3. The monoisotopic (exact) mass is 833 g/mol. The molecule has 12 rings (SSSR count). The average Bonchev–Trinajstić information content (AvgIpc) is 3.91. The van der Waals surface area contributed by atoms with E-state index in [1.165, 1.54) is 44.5 Å². The highest BCUT2D eigenvalue weighted by Gasteiger charge is 2.49. The summed E-state index contributed by atoms with van der Waals surface area (Å²) < 4.78 is 6.87. The van der Waals surface area contributed by atoms with Crippen LogP contribution in [0.25, 0.3) is 27.5 Å². The predicted molar refractivity (Wildman–Crippen MR) is 269 cm³/mol. The second-order valence-corrected chi connectivity index (χ2v) is 17.6. The summed E-state index contributed by atoms with van der Waals surface area (Å²) in [6.45, 7) is 2.39. The van der Waals surface area contributed by atoms with Crippen LogP contribution in [0.3, 0.4) is 0 Å². The average molecular weight is 834 g/mol. The summed E-state index contributed by atoms with van der Waals surface area (Å²) >= 11 is 0. The lowest BCUT2D eigenvalue weighted by Gasteiger charge is -2.37. The Labute approximate surface area is 381 Å². The van der Waals surface area contributed by atoms with Gasteiger partial charge >= 0.3 is 0 Å². The smallest absolute Gasteiger partial charge is 0.140 e. The summed E-state index contributed by atoms with van der Waals surface area (Å²) in [4.78, 5) is 2.42. The van der Waals surface area contributed by atoms with Crippen molar-refractivity contribution in [2.75, 3.05) is 4.90 Å². The van der Waals surface area contributed by atoms with E-state index in [9.17, 15) is 0 Å². The van der Waals surface area contributed by atoms with E-state index in [4.69, 9.17) is 4.42 Å². The lowest BCUT2D eigenvalue weighted by Crippen LogP contribution is -2.31. The highest BCUT2D eigenvalue weighted by molar-refractivity contribution is 6.06. The van der Waals surface area contributed by atoms with Gasteiger partial charge in [-0.15, -0.1) is 0 Å². The number of furan rings is 1. The minimum atomic E-state index is -0.709. The second kappa shape index (κ2) is 15.7. The molecule has 0 spiro atoms. The molecule has 1 heterocycles. The third-order valence-electron chi connectivity index (χ3n) is 14.1. The number of hydrogen-bond acceptors (Lipinski definition) is 2. The van der Waals surface area contributed by atoms with Crippen LogP contribution in [0, 0.1) is 5.92 Å². The fraction of sp³-hybridized carbons (Fsp3) is 0.0794. The molecule has 0 aliphatic heterocycles. The van der Waals surface area contributed by atoms with Gasteiger partial charge in [0, 0.05) is 33.4 Å². The van der Waals surface area contributed by atoms with Crippen molar-refractivity contribution in [2.45, 2.75) is 24.2 Å². The van der Waals surface area contributed by atoms with Gasteiger partial charge in [0.15, 0.2) is 0 Å². The number of hydrogen-bond donors (Lipinski definition) is 0. The van der Waals surface area contributed by atoms with Crippen molar-refractivity contribution in [3.05, 3.63) is 299 Å². The molecule has 1 aromatic heterocycles. The molecule has 2 nitrogen and oxygen atoms in total. The predicted octanol–water partition coefficient (Wildman–Crippen LogP) is 16.1. The fourth-order valence-electron chi connectivity index (χ4n) is 11.4. The molecular weight excluding hydrogens is 787 g/mol. The third kappa shape index (κ3) is 5.94. The number of nitrogens with zero attached hydrogens (tertiary/aromatic N) is 1. The molecule has 0 fully saturated rings. The van der Waals surface area contributed by atoms with Crippen LogP contribution >= 0.6 is 0 Å². The molecule has 0 N–H and O–H groups in total. The molecular formula is C63H47NO. The van der Waals surface area contributed by atoms with Crippen LogP contribution in [-0.2, 0) is 10.8 Å². The lowest BCUT2D eigenvalue weighted by molar-refractivity contribution is 0.645. The molecule has 0 bridgehead atoms. The maximum absolute atomic E-state index is 6.87. The van der Waals surface area contributed by atoms with Crippen molar-refractivity contribution in [1.29, 1.82) is 0 Å². The minimum absolute atomic E-state index is 0.395. The SMILES string of the molecule is CC1CC=CC2=C1c1ccc(N(c3ccccc3)c3ccc(C(c4ccccc4)(c4ccccc4)c4cccc5c4oc4ccccc45)cc3)cc1C2(c1ccccc1)c1ccccc1. The first-order valence-electron chi connectivity index (χ1n) is 22.8. The molecule has 0 amide bonds. The van der Waals surface area contributed by atoms with E-state index in [0.29, 0.717) is 5.92 Å². The first kappa shape index (κ1) is 38.7. The lowest BCUT2D eigenvalue weighted by atomic mass is 9.65. The molecule has 9 aromatic carbocycles. The molecule has 0 radical (unpaired) electrons. The van der Waals surface area contributed by atoms with E-state index in [1.807, 2.05) is 0 Å². The van der Waals surface area contributed by atoms with Crippen molar-refractivity contribution < 1.29 is 4.42 Å². The Bertz CT molecular complexity index is 3310.